The van der Waals surface area contributed by atoms with Crippen LogP contribution in [0.25, 0.3) is 5.13 Å². The first-order chi connectivity index (χ1) is 7.08. The summed E-state index contributed by atoms with van der Waals surface area (Å²) in [5.41, 5.74) is 6.35. The van der Waals surface area contributed by atoms with Crippen molar-refractivity contribution in [1.82, 2.24) is 14.8 Å². The lowest BCUT2D eigenvalue weighted by atomic mass is 10.4. The minimum absolute atomic E-state index is 0.135. The number of nitrogens with two attached hydrogens (primary N) is 1. The van der Waals surface area contributed by atoms with E-state index in [1.54, 1.807) is 0 Å². The highest BCUT2D eigenvalue weighted by Gasteiger charge is 2.14. The van der Waals surface area contributed by atoms with Gasteiger partial charge in [0.05, 0.1) is 17.6 Å². The molecule has 0 radical (unpaired) electrons. The van der Waals surface area contributed by atoms with Crippen LogP contribution in [0.15, 0.2) is 11.6 Å². The summed E-state index contributed by atoms with van der Waals surface area (Å²) in [6.45, 7) is 1.85. The summed E-state index contributed by atoms with van der Waals surface area (Å²) < 4.78 is 1.37. The Hall–Kier alpha value is -1.89. The van der Waals surface area contributed by atoms with Crippen LogP contribution in [0.1, 0.15) is 16.2 Å². The molecule has 0 saturated carbocycles. The van der Waals surface area contributed by atoms with Gasteiger partial charge in [0.1, 0.15) is 0 Å². The molecule has 0 aliphatic heterocycles. The van der Waals surface area contributed by atoms with E-state index in [-0.39, 0.29) is 11.4 Å². The number of nitrogens with zero attached hydrogens (tertiary/aromatic N) is 3. The molecule has 6 nitrogen and oxygen atoms in total. The first kappa shape index (κ1) is 9.66. The van der Waals surface area contributed by atoms with Crippen LogP contribution in [0.4, 0.5) is 5.69 Å². The monoisotopic (exact) mass is 224 g/mol. The molecule has 2 aromatic rings. The molecule has 0 saturated heterocycles. The zero-order valence-electron chi connectivity index (χ0n) is 7.84. The largest absolute Gasteiger partial charge is 0.476 e. The fourth-order valence-electron chi connectivity index (χ4n) is 1.10. The van der Waals surface area contributed by atoms with Crippen molar-refractivity contribution in [3.05, 3.63) is 23.0 Å². The zero-order valence-corrected chi connectivity index (χ0v) is 8.65. The summed E-state index contributed by atoms with van der Waals surface area (Å²) >= 11 is 1.38. The number of anilines is 1. The van der Waals surface area contributed by atoms with Crippen LogP contribution in [-0.4, -0.2) is 25.8 Å². The highest BCUT2D eigenvalue weighted by molar-refractivity contribution is 7.12. The molecule has 0 aliphatic carbocycles. The molecule has 15 heavy (non-hydrogen) atoms. The second kappa shape index (κ2) is 3.35. The Kier molecular flexibility index (Phi) is 2.16. The number of thiazole rings is 1. The lowest BCUT2D eigenvalue weighted by molar-refractivity contribution is 0.0691. The van der Waals surface area contributed by atoms with E-state index in [1.165, 1.54) is 22.2 Å². The van der Waals surface area contributed by atoms with E-state index in [9.17, 15) is 4.79 Å². The number of carboxylic acid groups (broad SMARTS) is 1. The van der Waals surface area contributed by atoms with E-state index in [1.807, 2.05) is 12.3 Å². The predicted octanol–water partition coefficient (Wildman–Crippen LogP) is 0.918. The maximum atomic E-state index is 10.7. The van der Waals surface area contributed by atoms with Crippen molar-refractivity contribution in [3.8, 4) is 5.13 Å². The fourth-order valence-corrected chi connectivity index (χ4v) is 1.83. The molecule has 7 heteroatoms. The second-order valence-corrected chi connectivity index (χ2v) is 3.79. The van der Waals surface area contributed by atoms with E-state index < -0.39 is 5.97 Å². The van der Waals surface area contributed by atoms with Crippen LogP contribution in [0.3, 0.4) is 0 Å². The topological polar surface area (TPSA) is 94.0 Å². The fraction of sp³-hybridized carbons (Fsp3) is 0.125. The minimum Gasteiger partial charge on any atom is -0.476 e. The minimum atomic E-state index is -1.14. The van der Waals surface area contributed by atoms with E-state index >= 15 is 0 Å². The summed E-state index contributed by atoms with van der Waals surface area (Å²) in [7, 11) is 0. The lowest BCUT2D eigenvalue weighted by Gasteiger charge is -1.91. The van der Waals surface area contributed by atoms with Gasteiger partial charge in [-0.2, -0.15) is 5.10 Å². The third-order valence-corrected chi connectivity index (χ3v) is 2.70. The van der Waals surface area contributed by atoms with Gasteiger partial charge in [-0.15, -0.1) is 11.3 Å². The molecule has 78 valence electrons. The SMILES string of the molecule is Cc1csc(-n2cc(N)c(C(=O)O)n2)n1. The molecule has 0 atom stereocenters. The zero-order chi connectivity index (χ0) is 11.0. The van der Waals surface area contributed by atoms with Crippen molar-refractivity contribution in [3.63, 3.8) is 0 Å². The number of rotatable bonds is 2. The molecule has 2 aromatic heterocycles. The Balaban J connectivity index is 2.46. The number of nitrogen functional groups attached to an aromatic ring is 1. The Morgan fingerprint density at radius 1 is 1.67 bits per heavy atom. The first-order valence-corrected chi connectivity index (χ1v) is 4.97. The van der Waals surface area contributed by atoms with Crippen LogP contribution >= 0.6 is 11.3 Å². The summed E-state index contributed by atoms with van der Waals surface area (Å²) in [6, 6.07) is 0. The molecule has 0 aliphatic rings. The third kappa shape index (κ3) is 1.68. The average molecular weight is 224 g/mol. The number of aromatic nitrogens is 3. The molecule has 2 rings (SSSR count). The highest BCUT2D eigenvalue weighted by Crippen LogP contribution is 2.17. The number of carboxylic acids is 1. The molecule has 3 N–H and O–H groups in total. The van der Waals surface area contributed by atoms with E-state index in [2.05, 4.69) is 10.1 Å². The van der Waals surface area contributed by atoms with Crippen molar-refractivity contribution >= 4 is 23.0 Å². The summed E-state index contributed by atoms with van der Waals surface area (Å²) in [4.78, 5) is 14.9. The number of hydrogen-bond acceptors (Lipinski definition) is 5. The molecular formula is C8H8N4O2S. The van der Waals surface area contributed by atoms with Gasteiger partial charge in [-0.1, -0.05) is 0 Å². The van der Waals surface area contributed by atoms with Crippen molar-refractivity contribution in [1.29, 1.82) is 0 Å². The molecule has 0 fully saturated rings. The first-order valence-electron chi connectivity index (χ1n) is 4.09. The Bertz CT molecular complexity index is 516. The van der Waals surface area contributed by atoms with Crippen molar-refractivity contribution in [2.75, 3.05) is 5.73 Å². The van der Waals surface area contributed by atoms with Gasteiger partial charge >= 0.3 is 5.97 Å². The van der Waals surface area contributed by atoms with Gasteiger partial charge in [0, 0.05) is 5.38 Å². The number of aryl methyl sites for hydroxylation is 1. The van der Waals surface area contributed by atoms with Crippen molar-refractivity contribution in [2.45, 2.75) is 6.92 Å². The van der Waals surface area contributed by atoms with Crippen LogP contribution in [0.2, 0.25) is 0 Å². The van der Waals surface area contributed by atoms with Crippen LogP contribution < -0.4 is 5.73 Å². The number of carbonyl (C=O) groups is 1. The molecule has 0 spiro atoms. The number of aromatic carboxylic acids is 1. The molecule has 0 bridgehead atoms. The molecular weight excluding hydrogens is 216 g/mol. The van der Waals surface area contributed by atoms with Gasteiger partial charge in [0.2, 0.25) is 5.13 Å². The third-order valence-electron chi connectivity index (χ3n) is 1.75. The Morgan fingerprint density at radius 2 is 2.40 bits per heavy atom. The molecule has 0 amide bonds. The van der Waals surface area contributed by atoms with Gasteiger partial charge in [-0.25, -0.2) is 14.5 Å². The van der Waals surface area contributed by atoms with Gasteiger partial charge in [-0.05, 0) is 6.92 Å². The van der Waals surface area contributed by atoms with Crippen molar-refractivity contribution < 1.29 is 9.90 Å². The Morgan fingerprint density at radius 3 is 2.87 bits per heavy atom. The molecule has 0 unspecified atom stereocenters. The van der Waals surface area contributed by atoms with Gasteiger partial charge in [0.25, 0.3) is 0 Å². The van der Waals surface area contributed by atoms with Gasteiger partial charge in [0.15, 0.2) is 5.69 Å². The normalized spacial score (nSPS) is 10.5. The summed E-state index contributed by atoms with van der Waals surface area (Å²) in [6.07, 6.45) is 1.45. The van der Waals surface area contributed by atoms with E-state index in [4.69, 9.17) is 10.8 Å². The quantitative estimate of drug-likeness (QED) is 0.790. The predicted molar refractivity (Wildman–Crippen MR) is 55.3 cm³/mol. The maximum absolute atomic E-state index is 10.7. The van der Waals surface area contributed by atoms with Crippen LogP contribution in [0, 0.1) is 6.92 Å². The van der Waals surface area contributed by atoms with Gasteiger partial charge in [-0.3, -0.25) is 0 Å². The number of hydrogen-bond donors (Lipinski definition) is 2. The van der Waals surface area contributed by atoms with E-state index in [0.29, 0.717) is 5.13 Å². The van der Waals surface area contributed by atoms with E-state index in [0.717, 1.165) is 5.69 Å². The lowest BCUT2D eigenvalue weighted by Crippen LogP contribution is -2.02. The molecule has 0 aromatic carbocycles. The summed E-state index contributed by atoms with van der Waals surface area (Å²) in [5, 5.41) is 15.0. The van der Waals surface area contributed by atoms with Gasteiger partial charge < -0.3 is 10.8 Å². The van der Waals surface area contributed by atoms with Crippen LogP contribution in [-0.2, 0) is 0 Å². The maximum Gasteiger partial charge on any atom is 0.358 e. The Labute approximate surface area is 89.0 Å². The average Bonchev–Trinajstić information content (AvgIpc) is 2.71. The highest BCUT2D eigenvalue weighted by atomic mass is 32.1. The standard InChI is InChI=1S/C8H8N4O2S/c1-4-3-15-8(10-4)12-2-5(9)6(11-12)7(13)14/h2-3H,9H2,1H3,(H,13,14). The molecule has 2 heterocycles. The van der Waals surface area contributed by atoms with Crippen LogP contribution in [0.5, 0.6) is 0 Å². The van der Waals surface area contributed by atoms with Crippen molar-refractivity contribution in [2.24, 2.45) is 0 Å². The second-order valence-electron chi connectivity index (χ2n) is 2.95. The smallest absolute Gasteiger partial charge is 0.358 e. The summed E-state index contributed by atoms with van der Waals surface area (Å²) in [5.74, 6) is -1.14.